The fourth-order valence-corrected chi connectivity index (χ4v) is 2.63. The van der Waals surface area contributed by atoms with E-state index < -0.39 is 0 Å². The van der Waals surface area contributed by atoms with Crippen LogP contribution in [0.25, 0.3) is 0 Å². The van der Waals surface area contributed by atoms with Crippen molar-refractivity contribution in [3.63, 3.8) is 0 Å². The van der Waals surface area contributed by atoms with Gasteiger partial charge >= 0.3 is 0 Å². The van der Waals surface area contributed by atoms with E-state index in [2.05, 4.69) is 24.0 Å². The maximum atomic E-state index is 6.16. The molecule has 1 heterocycles. The first-order valence-electron chi connectivity index (χ1n) is 6.83. The van der Waals surface area contributed by atoms with Crippen molar-refractivity contribution in [1.82, 2.24) is 10.1 Å². The Labute approximate surface area is 108 Å². The summed E-state index contributed by atoms with van der Waals surface area (Å²) in [4.78, 5) is 4.52. The van der Waals surface area contributed by atoms with E-state index in [0.717, 1.165) is 25.7 Å². The summed E-state index contributed by atoms with van der Waals surface area (Å²) < 4.78 is 11.0. The van der Waals surface area contributed by atoms with E-state index >= 15 is 0 Å². The van der Waals surface area contributed by atoms with Gasteiger partial charge in [-0.05, 0) is 33.1 Å². The van der Waals surface area contributed by atoms with Crippen LogP contribution in [0.2, 0.25) is 0 Å². The molecule has 2 N–H and O–H groups in total. The number of nitrogens with two attached hydrogens (primary N) is 1. The van der Waals surface area contributed by atoms with E-state index in [1.165, 1.54) is 0 Å². The Kier molecular flexibility index (Phi) is 4.02. The smallest absolute Gasteiger partial charge is 0.234 e. The lowest BCUT2D eigenvalue weighted by Gasteiger charge is -2.23. The van der Waals surface area contributed by atoms with Crippen LogP contribution in [0, 0.1) is 0 Å². The summed E-state index contributed by atoms with van der Waals surface area (Å²) in [6.07, 6.45) is 3.93. The third-order valence-corrected chi connectivity index (χ3v) is 3.99. The minimum absolute atomic E-state index is 0.0753. The summed E-state index contributed by atoms with van der Waals surface area (Å²) in [7, 11) is 0. The van der Waals surface area contributed by atoms with Gasteiger partial charge in [0.25, 0.3) is 0 Å². The van der Waals surface area contributed by atoms with Gasteiger partial charge in [0.05, 0.1) is 5.41 Å². The summed E-state index contributed by atoms with van der Waals surface area (Å²) in [6, 6.07) is 0.109. The number of nitrogens with zero attached hydrogens (tertiary/aromatic N) is 2. The Bertz CT molecular complexity index is 393. The highest BCUT2D eigenvalue weighted by Crippen LogP contribution is 2.39. The maximum Gasteiger partial charge on any atom is 0.234 e. The van der Waals surface area contributed by atoms with Crippen LogP contribution in [-0.2, 0) is 10.2 Å². The highest BCUT2D eigenvalue weighted by atomic mass is 16.5. The van der Waals surface area contributed by atoms with Crippen molar-refractivity contribution < 1.29 is 9.26 Å². The highest BCUT2D eigenvalue weighted by Gasteiger charge is 2.43. The Morgan fingerprint density at radius 1 is 1.56 bits per heavy atom. The normalized spacial score (nSPS) is 29.7. The van der Waals surface area contributed by atoms with E-state index in [1.54, 1.807) is 0 Å². The Morgan fingerprint density at radius 2 is 2.33 bits per heavy atom. The monoisotopic (exact) mass is 253 g/mol. The summed E-state index contributed by atoms with van der Waals surface area (Å²) in [5.74, 6) is 1.32. The minimum Gasteiger partial charge on any atom is -0.370 e. The van der Waals surface area contributed by atoms with Gasteiger partial charge in [-0.15, -0.1) is 0 Å². The van der Waals surface area contributed by atoms with Gasteiger partial charge in [-0.2, -0.15) is 4.98 Å². The summed E-state index contributed by atoms with van der Waals surface area (Å²) in [5.41, 5.74) is 5.99. The molecule has 2 rings (SSSR count). The van der Waals surface area contributed by atoms with Crippen LogP contribution in [0.5, 0.6) is 0 Å². The number of hydrogen-bond donors (Lipinski definition) is 1. The van der Waals surface area contributed by atoms with Gasteiger partial charge in [0, 0.05) is 12.6 Å². The molecule has 3 unspecified atom stereocenters. The molecule has 1 aromatic rings. The maximum absolute atomic E-state index is 6.16. The molecule has 1 aliphatic carbocycles. The van der Waals surface area contributed by atoms with Crippen LogP contribution in [0.3, 0.4) is 0 Å². The van der Waals surface area contributed by atoms with Crippen LogP contribution in [-0.4, -0.2) is 22.8 Å². The molecule has 5 heteroatoms. The first-order chi connectivity index (χ1) is 8.61. The van der Waals surface area contributed by atoms with E-state index in [4.69, 9.17) is 15.0 Å². The number of rotatable bonds is 5. The zero-order valence-electron chi connectivity index (χ0n) is 11.5. The predicted molar refractivity (Wildman–Crippen MR) is 68.1 cm³/mol. The lowest BCUT2D eigenvalue weighted by Crippen LogP contribution is -2.38. The molecule has 1 aromatic heterocycles. The summed E-state index contributed by atoms with van der Waals surface area (Å²) in [6.45, 7) is 6.79. The van der Waals surface area contributed by atoms with E-state index in [-0.39, 0.29) is 17.6 Å². The van der Waals surface area contributed by atoms with Gasteiger partial charge in [-0.1, -0.05) is 18.5 Å². The minimum atomic E-state index is -0.171. The van der Waals surface area contributed by atoms with Crippen molar-refractivity contribution in [1.29, 1.82) is 0 Å². The lowest BCUT2D eigenvalue weighted by atomic mass is 9.85. The Hall–Kier alpha value is -0.940. The van der Waals surface area contributed by atoms with Crippen molar-refractivity contribution in [2.45, 2.75) is 64.0 Å². The van der Waals surface area contributed by atoms with Crippen LogP contribution >= 0.6 is 0 Å². The SMILES string of the molecule is CCOC(CC)c1noc(C2(C)CCCC2N)n1. The quantitative estimate of drug-likeness (QED) is 0.871. The largest absolute Gasteiger partial charge is 0.370 e. The first-order valence-corrected chi connectivity index (χ1v) is 6.83. The molecular formula is C13H23N3O2. The molecule has 0 aliphatic heterocycles. The lowest BCUT2D eigenvalue weighted by molar-refractivity contribution is 0.0518. The first kappa shape index (κ1) is 13.5. The van der Waals surface area contributed by atoms with Crippen molar-refractivity contribution in [3.8, 4) is 0 Å². The fraction of sp³-hybridized carbons (Fsp3) is 0.846. The second-order valence-electron chi connectivity index (χ2n) is 5.23. The van der Waals surface area contributed by atoms with E-state index in [1.807, 2.05) is 6.92 Å². The van der Waals surface area contributed by atoms with Crippen molar-refractivity contribution >= 4 is 0 Å². The Morgan fingerprint density at radius 3 is 2.89 bits per heavy atom. The van der Waals surface area contributed by atoms with Crippen LogP contribution in [0.1, 0.15) is 64.3 Å². The van der Waals surface area contributed by atoms with Gasteiger partial charge in [-0.25, -0.2) is 0 Å². The molecule has 0 saturated heterocycles. The van der Waals surface area contributed by atoms with E-state index in [9.17, 15) is 0 Å². The number of aromatic nitrogens is 2. The molecule has 0 bridgehead atoms. The molecule has 0 aromatic carbocycles. The van der Waals surface area contributed by atoms with Crippen LogP contribution in [0.15, 0.2) is 4.52 Å². The molecule has 102 valence electrons. The van der Waals surface area contributed by atoms with E-state index in [0.29, 0.717) is 18.3 Å². The fourth-order valence-electron chi connectivity index (χ4n) is 2.63. The molecule has 5 nitrogen and oxygen atoms in total. The number of ether oxygens (including phenoxy) is 1. The molecule has 1 fully saturated rings. The Balaban J connectivity index is 2.19. The predicted octanol–water partition coefficient (Wildman–Crippen LogP) is 2.33. The van der Waals surface area contributed by atoms with Gasteiger partial charge in [-0.3, -0.25) is 0 Å². The molecule has 0 amide bonds. The molecule has 3 atom stereocenters. The van der Waals surface area contributed by atoms with Crippen LogP contribution < -0.4 is 5.73 Å². The highest BCUT2D eigenvalue weighted by molar-refractivity contribution is 5.12. The summed E-state index contributed by atoms with van der Waals surface area (Å²) in [5, 5.41) is 4.06. The molecular weight excluding hydrogens is 230 g/mol. The topological polar surface area (TPSA) is 74.2 Å². The second kappa shape index (κ2) is 5.36. The van der Waals surface area contributed by atoms with Crippen molar-refractivity contribution in [2.75, 3.05) is 6.61 Å². The molecule has 0 spiro atoms. The standard InChI is InChI=1S/C13H23N3O2/c1-4-9(17-5-2)11-15-12(18-16-11)13(3)8-6-7-10(13)14/h9-10H,4-8,14H2,1-3H3. The van der Waals surface area contributed by atoms with Gasteiger partial charge < -0.3 is 15.0 Å². The summed E-state index contributed by atoms with van der Waals surface area (Å²) >= 11 is 0. The van der Waals surface area contributed by atoms with Gasteiger partial charge in [0.15, 0.2) is 0 Å². The van der Waals surface area contributed by atoms with Crippen LogP contribution in [0.4, 0.5) is 0 Å². The zero-order chi connectivity index (χ0) is 13.2. The third-order valence-electron chi connectivity index (χ3n) is 3.99. The average Bonchev–Trinajstić information content (AvgIpc) is 2.96. The molecule has 1 saturated carbocycles. The molecule has 0 radical (unpaired) electrons. The van der Waals surface area contributed by atoms with Gasteiger partial charge in [0.2, 0.25) is 11.7 Å². The molecule has 1 aliphatic rings. The van der Waals surface area contributed by atoms with Crippen molar-refractivity contribution in [2.24, 2.45) is 5.73 Å². The third kappa shape index (κ3) is 2.29. The molecule has 18 heavy (non-hydrogen) atoms. The number of hydrogen-bond acceptors (Lipinski definition) is 5. The second-order valence-corrected chi connectivity index (χ2v) is 5.23. The van der Waals surface area contributed by atoms with Crippen molar-refractivity contribution in [3.05, 3.63) is 11.7 Å². The zero-order valence-corrected chi connectivity index (χ0v) is 11.5. The average molecular weight is 253 g/mol. The van der Waals surface area contributed by atoms with Gasteiger partial charge in [0.1, 0.15) is 6.10 Å².